The van der Waals surface area contributed by atoms with Crippen LogP contribution in [0, 0.1) is 6.92 Å². The van der Waals surface area contributed by atoms with Crippen molar-refractivity contribution in [3.8, 4) is 0 Å². The Kier molecular flexibility index (Phi) is 1.35. The van der Waals surface area contributed by atoms with E-state index in [1.165, 1.54) is 5.56 Å². The van der Waals surface area contributed by atoms with E-state index >= 15 is 0 Å². The average molecular weight is 187 g/mol. The lowest BCUT2D eigenvalue weighted by Crippen LogP contribution is -2.19. The summed E-state index contributed by atoms with van der Waals surface area (Å²) in [7, 11) is 0. The van der Waals surface area contributed by atoms with Crippen LogP contribution in [0.25, 0.3) is 5.65 Å². The molecule has 0 amide bonds. The lowest BCUT2D eigenvalue weighted by atomic mass is 10.1. The quantitative estimate of drug-likeness (QED) is 0.736. The van der Waals surface area contributed by atoms with Crippen molar-refractivity contribution < 1.29 is 0 Å². The lowest BCUT2D eigenvalue weighted by molar-refractivity contribution is 0.740. The molecule has 1 aliphatic carbocycles. The first-order chi connectivity index (χ1) is 6.69. The second-order valence-electron chi connectivity index (χ2n) is 4.19. The van der Waals surface area contributed by atoms with Crippen LogP contribution < -0.4 is 5.73 Å². The van der Waals surface area contributed by atoms with Crippen LogP contribution in [0.5, 0.6) is 0 Å². The van der Waals surface area contributed by atoms with Gasteiger partial charge in [0.2, 0.25) is 0 Å². The molecular formula is C11H13N3. The fourth-order valence-corrected chi connectivity index (χ4v) is 1.93. The van der Waals surface area contributed by atoms with Crippen molar-refractivity contribution in [2.75, 3.05) is 0 Å². The van der Waals surface area contributed by atoms with Crippen LogP contribution in [0.3, 0.4) is 0 Å². The molecule has 1 saturated carbocycles. The summed E-state index contributed by atoms with van der Waals surface area (Å²) < 4.78 is 2.05. The van der Waals surface area contributed by atoms with Crippen molar-refractivity contribution in [2.24, 2.45) is 5.73 Å². The SMILES string of the molecule is Cc1cn2cccc(C3(N)CC3)c2n1. The normalized spacial score (nSPS) is 18.7. The van der Waals surface area contributed by atoms with Crippen molar-refractivity contribution in [1.82, 2.24) is 9.38 Å². The number of nitrogens with two attached hydrogens (primary N) is 1. The fraction of sp³-hybridized carbons (Fsp3) is 0.364. The third-order valence-corrected chi connectivity index (χ3v) is 2.93. The van der Waals surface area contributed by atoms with Gasteiger partial charge in [-0.3, -0.25) is 0 Å². The zero-order chi connectivity index (χ0) is 9.76. The molecule has 0 atom stereocenters. The summed E-state index contributed by atoms with van der Waals surface area (Å²) in [4.78, 5) is 4.50. The summed E-state index contributed by atoms with van der Waals surface area (Å²) in [6, 6.07) is 4.13. The maximum absolute atomic E-state index is 6.19. The molecule has 2 N–H and O–H groups in total. The molecule has 3 nitrogen and oxygen atoms in total. The summed E-state index contributed by atoms with van der Waals surface area (Å²) in [6.45, 7) is 2.01. The average Bonchev–Trinajstić information content (AvgIpc) is 2.78. The number of rotatable bonds is 1. The summed E-state index contributed by atoms with van der Waals surface area (Å²) in [6.07, 6.45) is 6.21. The van der Waals surface area contributed by atoms with Crippen LogP contribution >= 0.6 is 0 Å². The number of hydrogen-bond donors (Lipinski definition) is 1. The van der Waals surface area contributed by atoms with E-state index in [9.17, 15) is 0 Å². The first kappa shape index (κ1) is 8.00. The maximum atomic E-state index is 6.19. The van der Waals surface area contributed by atoms with E-state index in [1.807, 2.05) is 25.4 Å². The predicted octanol–water partition coefficient (Wildman–Crippen LogP) is 1.59. The molecule has 1 aliphatic rings. The van der Waals surface area contributed by atoms with E-state index in [0.717, 1.165) is 24.2 Å². The van der Waals surface area contributed by atoms with E-state index < -0.39 is 0 Å². The van der Waals surface area contributed by atoms with E-state index in [2.05, 4.69) is 15.5 Å². The molecule has 0 aromatic carbocycles. The van der Waals surface area contributed by atoms with Gasteiger partial charge in [0.05, 0.1) is 5.69 Å². The van der Waals surface area contributed by atoms with Crippen molar-refractivity contribution in [2.45, 2.75) is 25.3 Å². The summed E-state index contributed by atoms with van der Waals surface area (Å²) in [5.74, 6) is 0. The van der Waals surface area contributed by atoms with Crippen LogP contribution in [0.1, 0.15) is 24.1 Å². The monoisotopic (exact) mass is 187 g/mol. The van der Waals surface area contributed by atoms with Crippen molar-refractivity contribution in [3.05, 3.63) is 35.8 Å². The molecule has 0 saturated heterocycles. The van der Waals surface area contributed by atoms with E-state index in [-0.39, 0.29) is 5.54 Å². The Labute approximate surface area is 82.6 Å². The van der Waals surface area contributed by atoms with Gasteiger partial charge >= 0.3 is 0 Å². The number of imidazole rings is 1. The Bertz CT molecular complexity index is 494. The molecule has 0 unspecified atom stereocenters. The van der Waals surface area contributed by atoms with Gasteiger partial charge in [0.15, 0.2) is 0 Å². The molecule has 14 heavy (non-hydrogen) atoms. The van der Waals surface area contributed by atoms with E-state index in [1.54, 1.807) is 0 Å². The van der Waals surface area contributed by atoms with Crippen LogP contribution in [0.15, 0.2) is 24.5 Å². The molecule has 72 valence electrons. The van der Waals surface area contributed by atoms with Gasteiger partial charge in [-0.2, -0.15) is 0 Å². The Balaban J connectivity index is 2.32. The number of fused-ring (bicyclic) bond motifs is 1. The maximum Gasteiger partial charge on any atom is 0.142 e. The largest absolute Gasteiger partial charge is 0.321 e. The molecule has 0 radical (unpaired) electrons. The standard InChI is InChI=1S/C11H13N3/c1-8-7-14-6-2-3-9(10(14)13-8)11(12)4-5-11/h2-3,6-7H,4-5,12H2,1H3. The number of pyridine rings is 1. The van der Waals surface area contributed by atoms with Gasteiger partial charge in [-0.05, 0) is 25.8 Å². The highest BCUT2D eigenvalue weighted by atomic mass is 15.0. The Morgan fingerprint density at radius 2 is 2.29 bits per heavy atom. The van der Waals surface area contributed by atoms with Crippen LogP contribution in [0.2, 0.25) is 0 Å². The van der Waals surface area contributed by atoms with Gasteiger partial charge in [0.1, 0.15) is 5.65 Å². The highest BCUT2D eigenvalue weighted by molar-refractivity contribution is 5.54. The Hall–Kier alpha value is -1.35. The zero-order valence-electron chi connectivity index (χ0n) is 8.20. The lowest BCUT2D eigenvalue weighted by Gasteiger charge is -2.09. The Morgan fingerprint density at radius 1 is 1.50 bits per heavy atom. The molecule has 2 aromatic heterocycles. The number of aryl methyl sites for hydroxylation is 1. The minimum atomic E-state index is -0.0969. The molecule has 3 heteroatoms. The Morgan fingerprint density at radius 3 is 3.00 bits per heavy atom. The molecular weight excluding hydrogens is 174 g/mol. The first-order valence-corrected chi connectivity index (χ1v) is 4.93. The van der Waals surface area contributed by atoms with Gasteiger partial charge in [-0.25, -0.2) is 4.98 Å². The van der Waals surface area contributed by atoms with Crippen molar-refractivity contribution in [3.63, 3.8) is 0 Å². The molecule has 0 bridgehead atoms. The minimum Gasteiger partial charge on any atom is -0.321 e. The number of nitrogens with zero attached hydrogens (tertiary/aromatic N) is 2. The molecule has 2 aromatic rings. The number of aromatic nitrogens is 2. The van der Waals surface area contributed by atoms with Gasteiger partial charge in [-0.15, -0.1) is 0 Å². The van der Waals surface area contributed by atoms with E-state index in [0.29, 0.717) is 0 Å². The molecule has 0 aliphatic heterocycles. The van der Waals surface area contributed by atoms with Gasteiger partial charge in [0, 0.05) is 23.5 Å². The van der Waals surface area contributed by atoms with Crippen molar-refractivity contribution >= 4 is 5.65 Å². The highest BCUT2D eigenvalue weighted by Crippen LogP contribution is 2.43. The smallest absolute Gasteiger partial charge is 0.142 e. The molecule has 2 heterocycles. The summed E-state index contributed by atoms with van der Waals surface area (Å²) in [5.41, 5.74) is 9.34. The van der Waals surface area contributed by atoms with Gasteiger partial charge in [-0.1, -0.05) is 6.07 Å². The first-order valence-electron chi connectivity index (χ1n) is 4.93. The van der Waals surface area contributed by atoms with Crippen molar-refractivity contribution in [1.29, 1.82) is 0 Å². The molecule has 3 rings (SSSR count). The van der Waals surface area contributed by atoms with Crippen LogP contribution in [-0.2, 0) is 5.54 Å². The van der Waals surface area contributed by atoms with E-state index in [4.69, 9.17) is 5.73 Å². The number of hydrogen-bond acceptors (Lipinski definition) is 2. The fourth-order valence-electron chi connectivity index (χ4n) is 1.93. The minimum absolute atomic E-state index is 0.0969. The zero-order valence-corrected chi connectivity index (χ0v) is 8.20. The van der Waals surface area contributed by atoms with Gasteiger partial charge in [0.25, 0.3) is 0 Å². The predicted molar refractivity (Wildman–Crippen MR) is 55.0 cm³/mol. The van der Waals surface area contributed by atoms with Crippen LogP contribution in [-0.4, -0.2) is 9.38 Å². The van der Waals surface area contributed by atoms with Crippen LogP contribution in [0.4, 0.5) is 0 Å². The summed E-state index contributed by atoms with van der Waals surface area (Å²) in [5, 5.41) is 0. The topological polar surface area (TPSA) is 43.3 Å². The van der Waals surface area contributed by atoms with Gasteiger partial charge < -0.3 is 10.1 Å². The third-order valence-electron chi connectivity index (χ3n) is 2.93. The second-order valence-corrected chi connectivity index (χ2v) is 4.19. The second kappa shape index (κ2) is 2.36. The molecule has 1 fully saturated rings. The summed E-state index contributed by atoms with van der Waals surface area (Å²) >= 11 is 0. The highest BCUT2D eigenvalue weighted by Gasteiger charge is 2.41. The third kappa shape index (κ3) is 0.990. The molecule has 0 spiro atoms.